The predicted octanol–water partition coefficient (Wildman–Crippen LogP) is 0.355. The van der Waals surface area contributed by atoms with Gasteiger partial charge in [-0.25, -0.2) is 4.79 Å². The van der Waals surface area contributed by atoms with Crippen LogP contribution in [0.3, 0.4) is 0 Å². The number of aryl methyl sites for hydroxylation is 1. The summed E-state index contributed by atoms with van der Waals surface area (Å²) in [6.07, 6.45) is -7.61. The minimum Gasteiger partial charge on any atom is -0.462 e. The van der Waals surface area contributed by atoms with Gasteiger partial charge in [0.2, 0.25) is 6.29 Å². The predicted molar refractivity (Wildman–Crippen MR) is 81.5 cm³/mol. The minimum atomic E-state index is -1.51. The Hall–Kier alpha value is -1.87. The van der Waals surface area contributed by atoms with Crippen molar-refractivity contribution in [2.45, 2.75) is 44.6 Å². The van der Waals surface area contributed by atoms with Gasteiger partial charge in [0.25, 0.3) is 0 Å². The van der Waals surface area contributed by atoms with Crippen molar-refractivity contribution in [2.24, 2.45) is 0 Å². The maximum absolute atomic E-state index is 11.2. The molecule has 8 heteroatoms. The Kier molecular flexibility index (Phi) is 6.38. The molecule has 1 saturated heterocycles. The molecule has 1 fully saturated rings. The van der Waals surface area contributed by atoms with Crippen LogP contribution in [0, 0.1) is 6.92 Å². The molecule has 3 N–H and O–H groups in total. The Morgan fingerprint density at radius 3 is 2.50 bits per heavy atom. The van der Waals surface area contributed by atoms with Crippen LogP contribution < -0.4 is 4.74 Å². The number of aliphatic hydroxyl groups is 3. The highest BCUT2D eigenvalue weighted by Crippen LogP contribution is 2.26. The van der Waals surface area contributed by atoms with E-state index < -0.39 is 36.9 Å². The van der Waals surface area contributed by atoms with E-state index in [1.807, 2.05) is 19.1 Å². The first-order valence-corrected chi connectivity index (χ1v) is 7.65. The van der Waals surface area contributed by atoms with Gasteiger partial charge in [-0.15, -0.1) is 0 Å². The lowest BCUT2D eigenvalue weighted by atomic mass is 9.99. The van der Waals surface area contributed by atoms with E-state index >= 15 is 0 Å². The lowest BCUT2D eigenvalue weighted by Crippen LogP contribution is -2.60. The molecule has 0 radical (unpaired) electrons. The van der Waals surface area contributed by atoms with Crippen LogP contribution in [0.25, 0.3) is 0 Å². The number of carbonyl (C=O) groups is 1. The fourth-order valence-electron chi connectivity index (χ4n) is 2.28. The van der Waals surface area contributed by atoms with Gasteiger partial charge in [-0.05, 0) is 25.5 Å². The number of carbonyl (C=O) groups excluding carboxylic acids is 1. The molecule has 5 atom stereocenters. The molecule has 0 amide bonds. The molecule has 1 heterocycles. The van der Waals surface area contributed by atoms with Gasteiger partial charge in [-0.3, -0.25) is 0 Å². The molecule has 0 aromatic heterocycles. The van der Waals surface area contributed by atoms with E-state index in [2.05, 4.69) is 4.74 Å². The summed E-state index contributed by atoms with van der Waals surface area (Å²) in [6.45, 7) is 3.24. The van der Waals surface area contributed by atoms with Crippen LogP contribution in [-0.4, -0.2) is 65.4 Å². The van der Waals surface area contributed by atoms with Crippen molar-refractivity contribution in [2.75, 3.05) is 13.2 Å². The van der Waals surface area contributed by atoms with E-state index in [0.29, 0.717) is 5.75 Å². The average Bonchev–Trinajstić information content (AvgIpc) is 2.56. The fraction of sp³-hybridized carbons (Fsp3) is 0.562. The second-order valence-electron chi connectivity index (χ2n) is 5.39. The van der Waals surface area contributed by atoms with E-state index in [0.717, 1.165) is 5.56 Å². The molecule has 1 aliphatic heterocycles. The van der Waals surface area contributed by atoms with Crippen molar-refractivity contribution in [1.29, 1.82) is 0 Å². The highest BCUT2D eigenvalue weighted by Gasteiger charge is 2.45. The minimum absolute atomic E-state index is 0.146. The van der Waals surface area contributed by atoms with Crippen molar-refractivity contribution in [3.63, 3.8) is 0 Å². The number of hydrogen-bond acceptors (Lipinski definition) is 8. The summed E-state index contributed by atoms with van der Waals surface area (Å²) in [6, 6.07) is 7.09. The largest absolute Gasteiger partial charge is 0.508 e. The molecule has 2 rings (SSSR count). The molecule has 24 heavy (non-hydrogen) atoms. The Morgan fingerprint density at radius 1 is 1.12 bits per heavy atom. The van der Waals surface area contributed by atoms with Gasteiger partial charge >= 0.3 is 6.16 Å². The summed E-state index contributed by atoms with van der Waals surface area (Å²) in [5, 5.41) is 30.0. The first kappa shape index (κ1) is 18.5. The van der Waals surface area contributed by atoms with Crippen LogP contribution in [0.15, 0.2) is 24.3 Å². The molecule has 0 aliphatic carbocycles. The van der Waals surface area contributed by atoms with Crippen LogP contribution in [0.1, 0.15) is 12.5 Å². The number of benzene rings is 1. The monoisotopic (exact) mass is 342 g/mol. The van der Waals surface area contributed by atoms with Crippen molar-refractivity contribution < 1.29 is 39.1 Å². The maximum atomic E-state index is 11.2. The van der Waals surface area contributed by atoms with E-state index in [1.54, 1.807) is 19.1 Å². The second kappa shape index (κ2) is 8.29. The van der Waals surface area contributed by atoms with Gasteiger partial charge in [0, 0.05) is 0 Å². The summed E-state index contributed by atoms with van der Waals surface area (Å²) in [5.41, 5.74) is 0.813. The molecule has 0 unspecified atom stereocenters. The van der Waals surface area contributed by atoms with Gasteiger partial charge in [-0.2, -0.15) is 0 Å². The van der Waals surface area contributed by atoms with Gasteiger partial charge in [0.05, 0.1) is 6.61 Å². The molecule has 0 saturated carbocycles. The Balaban J connectivity index is 2.03. The van der Waals surface area contributed by atoms with Gasteiger partial charge < -0.3 is 34.3 Å². The Bertz CT molecular complexity index is 549. The van der Waals surface area contributed by atoms with E-state index in [4.69, 9.17) is 14.2 Å². The van der Waals surface area contributed by atoms with Crippen molar-refractivity contribution in [3.05, 3.63) is 29.8 Å². The van der Waals surface area contributed by atoms with E-state index in [1.165, 1.54) is 0 Å². The molecule has 1 aliphatic rings. The van der Waals surface area contributed by atoms with Gasteiger partial charge in [0.1, 0.15) is 36.8 Å². The highest BCUT2D eigenvalue weighted by molar-refractivity contribution is 5.59. The van der Waals surface area contributed by atoms with Crippen LogP contribution in [0.4, 0.5) is 4.79 Å². The molecular formula is C16H22O8. The molecule has 8 nitrogen and oxygen atoms in total. The van der Waals surface area contributed by atoms with E-state index in [9.17, 15) is 20.1 Å². The molecule has 1 aromatic carbocycles. The normalized spacial score (nSPS) is 29.8. The van der Waals surface area contributed by atoms with Crippen LogP contribution in [0.2, 0.25) is 0 Å². The number of rotatable bonds is 5. The summed E-state index contributed by atoms with van der Waals surface area (Å²) in [4.78, 5) is 11.2. The maximum Gasteiger partial charge on any atom is 0.508 e. The second-order valence-corrected chi connectivity index (χ2v) is 5.39. The topological polar surface area (TPSA) is 115 Å². The van der Waals surface area contributed by atoms with Gasteiger partial charge in [0.15, 0.2) is 0 Å². The molecule has 1 aromatic rings. The number of para-hydroxylation sites is 1. The first-order valence-electron chi connectivity index (χ1n) is 7.65. The molecule has 0 bridgehead atoms. The average molecular weight is 342 g/mol. The van der Waals surface area contributed by atoms with Crippen molar-refractivity contribution in [3.8, 4) is 5.75 Å². The molecule has 134 valence electrons. The molecular weight excluding hydrogens is 320 g/mol. The Labute approximate surface area is 139 Å². The van der Waals surface area contributed by atoms with Gasteiger partial charge in [-0.1, -0.05) is 18.2 Å². The highest BCUT2D eigenvalue weighted by atomic mass is 16.7. The number of hydrogen-bond donors (Lipinski definition) is 3. The lowest BCUT2D eigenvalue weighted by molar-refractivity contribution is -0.278. The summed E-state index contributed by atoms with van der Waals surface area (Å²) in [5.74, 6) is 0.468. The quantitative estimate of drug-likeness (QED) is 0.657. The van der Waals surface area contributed by atoms with E-state index in [-0.39, 0.29) is 13.2 Å². The third kappa shape index (κ3) is 4.35. The lowest BCUT2D eigenvalue weighted by Gasteiger charge is -2.40. The van der Waals surface area contributed by atoms with Crippen molar-refractivity contribution in [1.82, 2.24) is 0 Å². The van der Waals surface area contributed by atoms with Crippen molar-refractivity contribution >= 4 is 6.16 Å². The third-order valence-corrected chi connectivity index (χ3v) is 3.63. The Morgan fingerprint density at radius 2 is 1.83 bits per heavy atom. The summed E-state index contributed by atoms with van der Waals surface area (Å²) >= 11 is 0. The first-order chi connectivity index (χ1) is 11.4. The molecule has 0 spiro atoms. The van der Waals surface area contributed by atoms with Crippen LogP contribution in [-0.2, 0) is 14.2 Å². The smallest absolute Gasteiger partial charge is 0.462 e. The van der Waals surface area contributed by atoms with Crippen LogP contribution >= 0.6 is 0 Å². The fourth-order valence-corrected chi connectivity index (χ4v) is 2.28. The standard InChI is InChI=1S/C16H22O8/c1-3-21-16(20)22-8-11-12(17)13(18)14(19)15(24-11)23-10-7-5-4-6-9(10)2/h4-7,11-15,17-19H,3,8H2,1-2H3/t11-,12-,13+,14-,15-/m1/s1. The third-order valence-electron chi connectivity index (χ3n) is 3.63. The SMILES string of the molecule is CCOC(=O)OC[C@H]1O[C@@H](Oc2ccccc2C)[C@H](O)[C@@H](O)[C@@H]1O. The zero-order chi connectivity index (χ0) is 17.7. The summed E-state index contributed by atoms with van der Waals surface area (Å²) < 4.78 is 20.5. The summed E-state index contributed by atoms with van der Waals surface area (Å²) in [7, 11) is 0. The zero-order valence-electron chi connectivity index (χ0n) is 13.5. The number of aliphatic hydroxyl groups excluding tert-OH is 3. The zero-order valence-corrected chi connectivity index (χ0v) is 13.5. The van der Waals surface area contributed by atoms with Crippen LogP contribution in [0.5, 0.6) is 5.75 Å². The number of ether oxygens (including phenoxy) is 4.